The predicted octanol–water partition coefficient (Wildman–Crippen LogP) is 4.28. The average Bonchev–Trinajstić information content (AvgIpc) is 2.96. The maximum absolute atomic E-state index is 12.1. The van der Waals surface area contributed by atoms with Crippen molar-refractivity contribution in [3.8, 4) is 0 Å². The third-order valence-corrected chi connectivity index (χ3v) is 5.06. The second kappa shape index (κ2) is 7.23. The third-order valence-electron chi connectivity index (χ3n) is 3.93. The van der Waals surface area contributed by atoms with Gasteiger partial charge in [-0.1, -0.05) is 87.1 Å². The molecule has 1 saturated heterocycles. The van der Waals surface area contributed by atoms with Crippen LogP contribution in [0.25, 0.3) is 0 Å². The average molecular weight is 351 g/mol. The molecule has 1 aliphatic heterocycles. The van der Waals surface area contributed by atoms with E-state index in [4.69, 9.17) is 0 Å². The molecule has 0 unspecified atom stereocenters. The monoisotopic (exact) mass is 351 g/mol. The van der Waals surface area contributed by atoms with Crippen LogP contribution in [0.5, 0.6) is 0 Å². The number of rotatable bonds is 3. The molecule has 0 spiro atoms. The topological polar surface area (TPSA) is 53.8 Å². The van der Waals surface area contributed by atoms with Crippen LogP contribution in [0.3, 0.4) is 0 Å². The number of carbonyl (C=O) groups excluding carboxylic acids is 1. The maximum atomic E-state index is 12.1. The number of benzene rings is 2. The number of amides is 1. The Kier molecular flexibility index (Phi) is 5.04. The van der Waals surface area contributed by atoms with Gasteiger partial charge in [0.25, 0.3) is 0 Å². The molecule has 128 valence electrons. The predicted molar refractivity (Wildman–Crippen MR) is 105 cm³/mol. The van der Waals surface area contributed by atoms with Gasteiger partial charge in [0.05, 0.1) is 6.21 Å². The second-order valence-corrected chi connectivity index (χ2v) is 8.01. The summed E-state index contributed by atoms with van der Waals surface area (Å²) >= 11 is 1.39. The molecule has 3 rings (SSSR count). The highest BCUT2D eigenvalue weighted by atomic mass is 32.2. The van der Waals surface area contributed by atoms with E-state index in [2.05, 4.69) is 48.4 Å². The summed E-state index contributed by atoms with van der Waals surface area (Å²) in [5.74, 6) is -0.0559. The minimum Gasteiger partial charge on any atom is -0.302 e. The fraction of sp³-hybridized carbons (Fsp3) is 0.250. The highest BCUT2D eigenvalue weighted by Crippen LogP contribution is 2.34. The summed E-state index contributed by atoms with van der Waals surface area (Å²) in [6.45, 7) is 6.56. The van der Waals surface area contributed by atoms with Gasteiger partial charge in [-0.3, -0.25) is 4.79 Å². The summed E-state index contributed by atoms with van der Waals surface area (Å²) in [6, 6.07) is 17.9. The van der Waals surface area contributed by atoms with E-state index in [1.54, 1.807) is 6.21 Å². The lowest BCUT2D eigenvalue weighted by atomic mass is 9.87. The van der Waals surface area contributed by atoms with Crippen molar-refractivity contribution in [3.63, 3.8) is 0 Å². The van der Waals surface area contributed by atoms with Crippen molar-refractivity contribution in [2.45, 2.75) is 31.4 Å². The number of nitrogens with one attached hydrogen (secondary N) is 1. The zero-order chi connectivity index (χ0) is 17.9. The summed E-state index contributed by atoms with van der Waals surface area (Å²) in [4.78, 5) is 12.1. The van der Waals surface area contributed by atoms with Crippen LogP contribution in [-0.2, 0) is 10.2 Å². The van der Waals surface area contributed by atoms with E-state index < -0.39 is 0 Å². The van der Waals surface area contributed by atoms with Gasteiger partial charge in [0.2, 0.25) is 5.91 Å². The van der Waals surface area contributed by atoms with Crippen molar-refractivity contribution in [3.05, 3.63) is 71.3 Å². The van der Waals surface area contributed by atoms with E-state index in [1.165, 1.54) is 17.3 Å². The minimum absolute atomic E-state index is 0.0559. The molecule has 5 heteroatoms. The molecular weight excluding hydrogens is 330 g/mol. The van der Waals surface area contributed by atoms with Gasteiger partial charge in [-0.05, 0) is 22.1 Å². The van der Waals surface area contributed by atoms with Crippen molar-refractivity contribution in [1.29, 1.82) is 0 Å². The standard InChI is InChI=1S/C20H21N3OS/c1-20(2,3)16-11-9-14(10-12-16)13-21-23-19-22-18(24)17(25-19)15-7-5-4-6-8-15/h4-13,17H,1-3H3,(H,22,23,24)/b21-13-/t17-/m0/s1. The van der Waals surface area contributed by atoms with Crippen LogP contribution < -0.4 is 5.32 Å². The number of thioether (sulfide) groups is 1. The van der Waals surface area contributed by atoms with Gasteiger partial charge in [0, 0.05) is 0 Å². The Labute approximate surface area is 152 Å². The SMILES string of the molecule is CC(C)(C)c1ccc(/C=N\N=C2/NC(=O)[C@H](c3ccccc3)S2)cc1. The molecule has 0 bridgehead atoms. The van der Waals surface area contributed by atoms with Gasteiger partial charge < -0.3 is 5.32 Å². The number of carbonyl (C=O) groups is 1. The molecule has 4 nitrogen and oxygen atoms in total. The normalized spacial score (nSPS) is 19.6. The number of amidine groups is 1. The van der Waals surface area contributed by atoms with E-state index in [0.717, 1.165) is 11.1 Å². The molecule has 0 aliphatic carbocycles. The van der Waals surface area contributed by atoms with Crippen LogP contribution >= 0.6 is 11.8 Å². The van der Waals surface area contributed by atoms with Crippen LogP contribution in [0.4, 0.5) is 0 Å². The second-order valence-electron chi connectivity index (χ2n) is 6.92. The fourth-order valence-electron chi connectivity index (χ4n) is 2.48. The number of hydrogen-bond acceptors (Lipinski definition) is 4. The van der Waals surface area contributed by atoms with Crippen molar-refractivity contribution in [2.24, 2.45) is 10.2 Å². The first-order valence-electron chi connectivity index (χ1n) is 8.17. The highest BCUT2D eigenvalue weighted by molar-refractivity contribution is 8.15. The van der Waals surface area contributed by atoms with E-state index in [9.17, 15) is 4.79 Å². The molecule has 2 aromatic carbocycles. The summed E-state index contributed by atoms with van der Waals surface area (Å²) < 4.78 is 0. The Hall–Kier alpha value is -2.40. The Morgan fingerprint density at radius 2 is 1.72 bits per heavy atom. The summed E-state index contributed by atoms with van der Waals surface area (Å²) in [6.07, 6.45) is 1.70. The Morgan fingerprint density at radius 1 is 1.04 bits per heavy atom. The molecular formula is C20H21N3OS. The van der Waals surface area contributed by atoms with Crippen LogP contribution in [0, 0.1) is 0 Å². The zero-order valence-corrected chi connectivity index (χ0v) is 15.4. The largest absolute Gasteiger partial charge is 0.302 e. The lowest BCUT2D eigenvalue weighted by Crippen LogP contribution is -2.21. The summed E-state index contributed by atoms with van der Waals surface area (Å²) in [5.41, 5.74) is 3.36. The van der Waals surface area contributed by atoms with Crippen LogP contribution in [-0.4, -0.2) is 17.3 Å². The minimum atomic E-state index is -0.263. The molecule has 25 heavy (non-hydrogen) atoms. The molecule has 2 aromatic rings. The van der Waals surface area contributed by atoms with Gasteiger partial charge >= 0.3 is 0 Å². The van der Waals surface area contributed by atoms with Crippen molar-refractivity contribution >= 4 is 29.1 Å². The molecule has 1 N–H and O–H groups in total. The van der Waals surface area contributed by atoms with Crippen LogP contribution in [0.1, 0.15) is 42.7 Å². The van der Waals surface area contributed by atoms with Crippen molar-refractivity contribution in [2.75, 3.05) is 0 Å². The van der Waals surface area contributed by atoms with Crippen LogP contribution in [0.2, 0.25) is 0 Å². The van der Waals surface area contributed by atoms with Crippen molar-refractivity contribution in [1.82, 2.24) is 5.32 Å². The van der Waals surface area contributed by atoms with Crippen LogP contribution in [0.15, 0.2) is 64.8 Å². The molecule has 1 fully saturated rings. The maximum Gasteiger partial charge on any atom is 0.244 e. The molecule has 0 radical (unpaired) electrons. The van der Waals surface area contributed by atoms with Crippen molar-refractivity contribution < 1.29 is 4.79 Å². The Morgan fingerprint density at radius 3 is 2.36 bits per heavy atom. The molecule has 1 atom stereocenters. The lowest BCUT2D eigenvalue weighted by molar-refractivity contribution is -0.118. The molecule has 1 aliphatic rings. The summed E-state index contributed by atoms with van der Waals surface area (Å²) in [5, 5.41) is 11.3. The first-order valence-corrected chi connectivity index (χ1v) is 9.05. The molecule has 1 heterocycles. The fourth-order valence-corrected chi connectivity index (χ4v) is 3.41. The van der Waals surface area contributed by atoms with E-state index in [1.807, 2.05) is 42.5 Å². The first-order chi connectivity index (χ1) is 11.9. The van der Waals surface area contributed by atoms with Gasteiger partial charge in [-0.15, -0.1) is 5.10 Å². The van der Waals surface area contributed by atoms with Gasteiger partial charge in [0.1, 0.15) is 5.25 Å². The van der Waals surface area contributed by atoms with Gasteiger partial charge in [-0.25, -0.2) is 0 Å². The highest BCUT2D eigenvalue weighted by Gasteiger charge is 2.31. The first kappa shape index (κ1) is 17.4. The smallest absolute Gasteiger partial charge is 0.244 e. The van der Waals surface area contributed by atoms with E-state index >= 15 is 0 Å². The lowest BCUT2D eigenvalue weighted by Gasteiger charge is -2.18. The Bertz CT molecular complexity index is 805. The number of hydrogen-bond donors (Lipinski definition) is 1. The summed E-state index contributed by atoms with van der Waals surface area (Å²) in [7, 11) is 0. The quantitative estimate of drug-likeness (QED) is 0.663. The number of nitrogens with zero attached hydrogens (tertiary/aromatic N) is 2. The zero-order valence-electron chi connectivity index (χ0n) is 14.6. The third kappa shape index (κ3) is 4.37. The van der Waals surface area contributed by atoms with E-state index in [0.29, 0.717) is 5.17 Å². The molecule has 0 aromatic heterocycles. The molecule has 0 saturated carbocycles. The van der Waals surface area contributed by atoms with E-state index in [-0.39, 0.29) is 16.6 Å². The van der Waals surface area contributed by atoms with Gasteiger partial charge in [0.15, 0.2) is 5.17 Å². The Balaban J connectivity index is 1.66. The molecule has 1 amide bonds. The van der Waals surface area contributed by atoms with Gasteiger partial charge in [-0.2, -0.15) is 5.10 Å².